The first-order valence-corrected chi connectivity index (χ1v) is 25.6. The van der Waals surface area contributed by atoms with Gasteiger partial charge in [0.2, 0.25) is 0 Å². The van der Waals surface area contributed by atoms with Crippen molar-refractivity contribution < 1.29 is 42.1 Å². The summed E-state index contributed by atoms with van der Waals surface area (Å²) in [5.41, 5.74) is 13.1. The van der Waals surface area contributed by atoms with Crippen LogP contribution in [0.3, 0.4) is 0 Å². The molecule has 0 saturated carbocycles. The molecule has 0 N–H and O–H groups in total. The normalized spacial score (nSPS) is 11.7. The molecule has 0 amide bonds. The van der Waals surface area contributed by atoms with E-state index < -0.39 is 0 Å². The van der Waals surface area contributed by atoms with Gasteiger partial charge in [-0.2, -0.15) is 0 Å². The molecule has 0 spiro atoms. The van der Waals surface area contributed by atoms with E-state index in [9.17, 15) is 0 Å². The average Bonchev–Trinajstić information content (AvgIpc) is 3.98. The molecule has 6 aromatic heterocycles. The van der Waals surface area contributed by atoms with Gasteiger partial charge in [-0.3, -0.25) is 0 Å². The molecule has 76 heavy (non-hydrogen) atoms. The molecule has 0 bridgehead atoms. The van der Waals surface area contributed by atoms with E-state index in [-0.39, 0.29) is 63.8 Å². The van der Waals surface area contributed by atoms with E-state index >= 15 is 0 Å². The maximum Gasteiger partial charge on any atom is 2.00 e. The number of fused-ring (bicyclic) bond motifs is 8. The first-order valence-electron chi connectivity index (χ1n) is 25.6. The summed E-state index contributed by atoms with van der Waals surface area (Å²) in [4.78, 5) is 27.8. The van der Waals surface area contributed by atoms with Gasteiger partial charge < -0.3 is 29.9 Å². The molecule has 6 aromatic carbocycles. The van der Waals surface area contributed by atoms with Crippen LogP contribution in [-0.2, 0) is 63.8 Å². The van der Waals surface area contributed by atoms with Crippen LogP contribution in [0.5, 0.6) is 0 Å². The van der Waals surface area contributed by atoms with E-state index in [1.807, 2.05) is 97.3 Å². The summed E-state index contributed by atoms with van der Waals surface area (Å²) in [7, 11) is 0. The maximum absolute atomic E-state index is 4.76. The molecule has 8 heteroatoms. The van der Waals surface area contributed by atoms with E-state index in [1.54, 1.807) is 0 Å². The van der Waals surface area contributed by atoms with Crippen LogP contribution in [0.2, 0.25) is 0 Å². The second-order valence-corrected chi connectivity index (χ2v) is 23.1. The standard InChI is InChI=1S/2C19H23N2.2C15H10N.2Pt/c2*1-18(2,3)12-7-9-15-14(11-12)13-8-10-16(19(4,5)6)21-17(13)20-15;2*1-2-7-13(8-3-1)15-14-9-5-4-6-12(14)10-11-16-15;;/h2*7-11H,1-6H3;2*1-7,9-11H;;/q4*-1;2*+2. The van der Waals surface area contributed by atoms with Crippen molar-refractivity contribution in [3.63, 3.8) is 0 Å². The summed E-state index contributed by atoms with van der Waals surface area (Å²) in [5, 5.41) is 9.51. The van der Waals surface area contributed by atoms with Crippen molar-refractivity contribution in [2.24, 2.45) is 0 Å². The van der Waals surface area contributed by atoms with E-state index in [0.717, 1.165) is 67.0 Å². The zero-order valence-electron chi connectivity index (χ0n) is 45.6. The van der Waals surface area contributed by atoms with Crippen LogP contribution in [0.4, 0.5) is 0 Å². The minimum Gasteiger partial charge on any atom is -0.439 e. The molecule has 0 unspecified atom stereocenters. The first-order chi connectivity index (χ1) is 35.2. The van der Waals surface area contributed by atoms with Crippen LogP contribution in [-0.4, -0.2) is 19.9 Å². The molecule has 0 aliphatic rings. The van der Waals surface area contributed by atoms with Crippen LogP contribution >= 0.6 is 0 Å². The molecule has 0 saturated heterocycles. The molecule has 388 valence electrons. The number of nitrogens with zero attached hydrogens (tertiary/aromatic N) is 6. The number of hydrogen-bond donors (Lipinski definition) is 0. The summed E-state index contributed by atoms with van der Waals surface area (Å²) < 4.78 is 0. The van der Waals surface area contributed by atoms with Gasteiger partial charge >= 0.3 is 42.1 Å². The van der Waals surface area contributed by atoms with E-state index in [1.165, 1.54) is 43.4 Å². The number of rotatable bonds is 2. The molecule has 0 aliphatic heterocycles. The molecule has 0 aliphatic carbocycles. The van der Waals surface area contributed by atoms with E-state index in [4.69, 9.17) is 19.9 Å². The quantitative estimate of drug-likeness (QED) is 0.160. The Kier molecular flexibility index (Phi) is 17.5. The fourth-order valence-corrected chi connectivity index (χ4v) is 8.93. The van der Waals surface area contributed by atoms with Crippen LogP contribution in [0, 0.1) is 12.1 Å². The average molecular weight is 1360 g/mol. The van der Waals surface area contributed by atoms with E-state index in [0.29, 0.717) is 0 Å². The Morgan fingerprint density at radius 3 is 1.09 bits per heavy atom. The molecule has 6 nitrogen and oxygen atoms in total. The summed E-state index contributed by atoms with van der Waals surface area (Å²) in [6.07, 6.45) is 3.69. The molecule has 0 radical (unpaired) electrons. The maximum atomic E-state index is 4.76. The molecule has 12 aromatic rings. The minimum atomic E-state index is 0. The van der Waals surface area contributed by atoms with Gasteiger partial charge in [-0.1, -0.05) is 215 Å². The van der Waals surface area contributed by atoms with Gasteiger partial charge in [0.25, 0.3) is 0 Å². The summed E-state index contributed by atoms with van der Waals surface area (Å²) in [6, 6.07) is 64.6. The van der Waals surface area contributed by atoms with Gasteiger partial charge in [0.1, 0.15) is 0 Å². The van der Waals surface area contributed by atoms with Gasteiger partial charge in [-0.05, 0) is 110 Å². The zero-order chi connectivity index (χ0) is 52.4. The van der Waals surface area contributed by atoms with Crippen molar-refractivity contribution in [2.45, 2.75) is 105 Å². The van der Waals surface area contributed by atoms with Crippen LogP contribution in [0.15, 0.2) is 182 Å². The van der Waals surface area contributed by atoms with Crippen molar-refractivity contribution in [3.8, 4) is 22.5 Å². The van der Waals surface area contributed by atoms with Gasteiger partial charge in [0, 0.05) is 12.4 Å². The topological polar surface area (TPSA) is 79.8 Å². The van der Waals surface area contributed by atoms with Crippen molar-refractivity contribution in [3.05, 3.63) is 217 Å². The predicted molar refractivity (Wildman–Crippen MR) is 312 cm³/mol. The fourth-order valence-electron chi connectivity index (χ4n) is 8.93. The second kappa shape index (κ2) is 23.3. The smallest absolute Gasteiger partial charge is 0.439 e. The number of pyridine rings is 4. The zero-order valence-corrected chi connectivity index (χ0v) is 50.2. The minimum absolute atomic E-state index is 0. The first kappa shape index (κ1) is 57.1. The SMILES string of the molecule is CC(C)(C)c1ccc2[n-]c3nc(C(C)(C)C)ccc3c2c1.CC(C)(C)c1ccc2[n-]c3nc(C(C)(C)C)ccc3c2c1.[Pt+2].[Pt+2].[c-]1ccccc1-c1nccc2ccccc12.[c-]1ccccc1-c1nccc2ccccc12. The Labute approximate surface area is 478 Å². The third-order valence-electron chi connectivity index (χ3n) is 13.3. The molecular formula is C68H66N6Pt2. The summed E-state index contributed by atoms with van der Waals surface area (Å²) >= 11 is 0. The molecule has 0 atom stereocenters. The molecule has 6 heterocycles. The third-order valence-corrected chi connectivity index (χ3v) is 13.3. The Hall–Kier alpha value is -6.58. The van der Waals surface area contributed by atoms with Crippen LogP contribution < -0.4 is 9.97 Å². The van der Waals surface area contributed by atoms with Crippen molar-refractivity contribution >= 4 is 65.4 Å². The molecule has 0 fully saturated rings. The van der Waals surface area contributed by atoms with E-state index in [2.05, 4.69) is 190 Å². The van der Waals surface area contributed by atoms with Crippen molar-refractivity contribution in [1.29, 1.82) is 0 Å². The molecule has 12 rings (SSSR count). The molecular weight excluding hydrogens is 1290 g/mol. The van der Waals surface area contributed by atoms with Crippen LogP contribution in [0.1, 0.15) is 106 Å². The summed E-state index contributed by atoms with van der Waals surface area (Å²) in [5.74, 6) is 0. The van der Waals surface area contributed by atoms with Crippen molar-refractivity contribution in [1.82, 2.24) is 29.9 Å². The number of hydrogen-bond acceptors (Lipinski definition) is 4. The summed E-state index contributed by atoms with van der Waals surface area (Å²) in [6.45, 7) is 26.5. The fraction of sp³-hybridized carbons (Fsp3) is 0.235. The van der Waals surface area contributed by atoms with Gasteiger partial charge in [0.05, 0.1) is 0 Å². The van der Waals surface area contributed by atoms with Gasteiger partial charge in [-0.25, -0.2) is 0 Å². The van der Waals surface area contributed by atoms with Crippen LogP contribution in [0.25, 0.3) is 87.9 Å². The van der Waals surface area contributed by atoms with Gasteiger partial charge in [0.15, 0.2) is 0 Å². The van der Waals surface area contributed by atoms with Crippen molar-refractivity contribution in [2.75, 3.05) is 0 Å². The largest absolute Gasteiger partial charge is 2.00 e. The van der Waals surface area contributed by atoms with Gasteiger partial charge in [-0.15, -0.1) is 71.8 Å². The third kappa shape index (κ3) is 13.0. The number of benzene rings is 6. The predicted octanol–water partition coefficient (Wildman–Crippen LogP) is 17.3. The Bertz CT molecular complexity index is 3620. The Morgan fingerprint density at radius 2 is 0.737 bits per heavy atom. The monoisotopic (exact) mass is 1360 g/mol. The Balaban J connectivity index is 0.000000147. The second-order valence-electron chi connectivity index (χ2n) is 23.1. The Morgan fingerprint density at radius 1 is 0.355 bits per heavy atom. The number of aromatic nitrogens is 6.